The van der Waals surface area contributed by atoms with Crippen LogP contribution in [0.1, 0.15) is 16.8 Å². The second-order valence-corrected chi connectivity index (χ2v) is 8.13. The number of rotatable bonds is 7. The topological polar surface area (TPSA) is 78.3 Å². The van der Waals surface area contributed by atoms with Crippen LogP contribution in [0.25, 0.3) is 5.69 Å². The van der Waals surface area contributed by atoms with Gasteiger partial charge < -0.3 is 14.8 Å². The quantitative estimate of drug-likeness (QED) is 0.309. The van der Waals surface area contributed by atoms with Crippen molar-refractivity contribution < 1.29 is 27.4 Å². The summed E-state index contributed by atoms with van der Waals surface area (Å²) in [5.74, 6) is -0.221. The summed E-state index contributed by atoms with van der Waals surface area (Å²) in [6.07, 6.45) is -3.21. The Morgan fingerprint density at radius 3 is 2.61 bits per heavy atom. The fraction of sp³-hybridized carbons (Fsp3) is 0.160. The van der Waals surface area contributed by atoms with Gasteiger partial charge in [-0.1, -0.05) is 35.9 Å². The molecule has 0 aliphatic carbocycles. The second kappa shape index (κ2) is 10.3. The summed E-state index contributed by atoms with van der Waals surface area (Å²) < 4.78 is 52.1. The monoisotopic (exact) mass is 516 g/mol. The second-order valence-electron chi connectivity index (χ2n) is 7.72. The van der Waals surface area contributed by atoms with Crippen LogP contribution < -0.4 is 14.8 Å². The van der Waals surface area contributed by atoms with E-state index < -0.39 is 24.4 Å². The molecular weight excluding hydrogens is 497 g/mol. The van der Waals surface area contributed by atoms with Crippen LogP contribution in [0.3, 0.4) is 0 Å². The Kier molecular flexibility index (Phi) is 7.16. The molecule has 0 aliphatic heterocycles. The lowest BCUT2D eigenvalue weighted by molar-refractivity contribution is -0.141. The number of alkyl halides is 3. The van der Waals surface area contributed by atoms with Crippen molar-refractivity contribution in [2.75, 3.05) is 11.9 Å². The number of nitrogens with one attached hydrogen (secondary N) is 1. The number of hydrogen-bond donors (Lipinski definition) is 1. The number of anilines is 1. The van der Waals surface area contributed by atoms with Gasteiger partial charge in [0.05, 0.1) is 10.7 Å². The Morgan fingerprint density at radius 2 is 1.86 bits per heavy atom. The van der Waals surface area contributed by atoms with E-state index in [1.165, 1.54) is 18.3 Å². The summed E-state index contributed by atoms with van der Waals surface area (Å²) in [7, 11) is 0. The normalized spacial score (nSPS) is 11.3. The van der Waals surface area contributed by atoms with Crippen LogP contribution in [0.5, 0.6) is 17.5 Å². The van der Waals surface area contributed by atoms with Crippen molar-refractivity contribution in [2.45, 2.75) is 20.0 Å². The Balaban J connectivity index is 1.52. The smallest absolute Gasteiger partial charge is 0.435 e. The first-order valence-corrected chi connectivity index (χ1v) is 11.0. The molecule has 2 aromatic heterocycles. The molecule has 11 heteroatoms. The maximum Gasteiger partial charge on any atom is 0.435 e. The largest absolute Gasteiger partial charge is 0.467 e. The van der Waals surface area contributed by atoms with Gasteiger partial charge in [0.2, 0.25) is 11.8 Å². The van der Waals surface area contributed by atoms with Crippen molar-refractivity contribution in [3.05, 3.63) is 88.7 Å². The molecular formula is C25H20ClF3N4O3. The minimum Gasteiger partial charge on any atom is -0.467 e. The van der Waals surface area contributed by atoms with E-state index in [2.05, 4.69) is 15.4 Å². The van der Waals surface area contributed by atoms with Gasteiger partial charge >= 0.3 is 6.18 Å². The third-order valence-electron chi connectivity index (χ3n) is 5.21. The number of carbonyl (C=O) groups is 1. The summed E-state index contributed by atoms with van der Waals surface area (Å²) in [6, 6.07) is 15.6. The highest BCUT2D eigenvalue weighted by Gasteiger charge is 2.36. The Morgan fingerprint density at radius 1 is 1.08 bits per heavy atom. The Labute approximate surface area is 209 Å². The van der Waals surface area contributed by atoms with Gasteiger partial charge in [-0.15, -0.1) is 0 Å². The highest BCUT2D eigenvalue weighted by molar-refractivity contribution is 6.32. The van der Waals surface area contributed by atoms with Gasteiger partial charge in [-0.05, 0) is 55.3 Å². The maximum absolute atomic E-state index is 13.3. The van der Waals surface area contributed by atoms with Gasteiger partial charge in [-0.25, -0.2) is 4.98 Å². The first-order valence-electron chi connectivity index (χ1n) is 10.7. The first-order chi connectivity index (χ1) is 17.1. The minimum absolute atomic E-state index is 0.153. The summed E-state index contributed by atoms with van der Waals surface area (Å²) >= 11 is 6.13. The lowest BCUT2D eigenvalue weighted by atomic mass is 10.1. The van der Waals surface area contributed by atoms with Crippen molar-refractivity contribution in [2.24, 2.45) is 0 Å². The molecule has 7 nitrogen and oxygen atoms in total. The number of benzene rings is 2. The number of amides is 1. The standard InChI is InChI=1S/C25H20ClF3N4O3/c1-15-7-5-11-20(16(15)2)36-24-18(9-6-12-30-24)31-22(34)14-35-23-13-21(25(27,28)29)32-33(23)19-10-4-3-8-17(19)26/h3-13H,14H2,1-2H3,(H,31,34). The van der Waals surface area contributed by atoms with Crippen molar-refractivity contribution in [1.29, 1.82) is 0 Å². The molecule has 36 heavy (non-hydrogen) atoms. The van der Waals surface area contributed by atoms with E-state index in [0.717, 1.165) is 15.8 Å². The number of ether oxygens (including phenoxy) is 2. The van der Waals surface area contributed by atoms with Gasteiger partial charge in [0.15, 0.2) is 12.3 Å². The third-order valence-corrected chi connectivity index (χ3v) is 5.53. The van der Waals surface area contributed by atoms with E-state index in [9.17, 15) is 18.0 Å². The first kappa shape index (κ1) is 25.1. The van der Waals surface area contributed by atoms with Crippen LogP contribution >= 0.6 is 11.6 Å². The van der Waals surface area contributed by atoms with E-state index >= 15 is 0 Å². The van der Waals surface area contributed by atoms with Crippen LogP contribution in [0.4, 0.5) is 18.9 Å². The van der Waals surface area contributed by atoms with Crippen molar-refractivity contribution in [1.82, 2.24) is 14.8 Å². The maximum atomic E-state index is 13.3. The number of hydrogen-bond acceptors (Lipinski definition) is 5. The molecule has 0 saturated carbocycles. The van der Waals surface area contributed by atoms with Crippen LogP contribution in [-0.2, 0) is 11.0 Å². The van der Waals surface area contributed by atoms with Crippen molar-refractivity contribution in [3.63, 3.8) is 0 Å². The Bertz CT molecular complexity index is 1410. The average molecular weight is 517 g/mol. The number of pyridine rings is 1. The number of para-hydroxylation sites is 1. The molecule has 2 aromatic carbocycles. The fourth-order valence-electron chi connectivity index (χ4n) is 3.23. The molecule has 4 rings (SSSR count). The van der Waals surface area contributed by atoms with E-state index in [0.29, 0.717) is 11.8 Å². The molecule has 0 aliphatic rings. The zero-order chi connectivity index (χ0) is 25.9. The molecule has 0 fully saturated rings. The summed E-state index contributed by atoms with van der Waals surface area (Å²) in [4.78, 5) is 16.8. The predicted octanol–water partition coefficient (Wildman–Crippen LogP) is 6.37. The van der Waals surface area contributed by atoms with Crippen molar-refractivity contribution >= 4 is 23.2 Å². The van der Waals surface area contributed by atoms with E-state index in [4.69, 9.17) is 21.1 Å². The lowest BCUT2D eigenvalue weighted by Crippen LogP contribution is -2.21. The molecule has 4 aromatic rings. The zero-order valence-corrected chi connectivity index (χ0v) is 19.9. The third kappa shape index (κ3) is 5.60. The molecule has 0 saturated heterocycles. The summed E-state index contributed by atoms with van der Waals surface area (Å²) in [6.45, 7) is 3.24. The van der Waals surface area contributed by atoms with Gasteiger partial charge in [0, 0.05) is 12.3 Å². The van der Waals surface area contributed by atoms with Gasteiger partial charge in [0.1, 0.15) is 11.4 Å². The number of carbonyl (C=O) groups excluding carboxylic acids is 1. The average Bonchev–Trinajstić information content (AvgIpc) is 3.27. The number of aryl methyl sites for hydroxylation is 1. The van der Waals surface area contributed by atoms with Crippen LogP contribution in [0, 0.1) is 13.8 Å². The van der Waals surface area contributed by atoms with Gasteiger partial charge in [0.25, 0.3) is 5.91 Å². The van der Waals surface area contributed by atoms with Crippen LogP contribution in [0.15, 0.2) is 66.9 Å². The van der Waals surface area contributed by atoms with E-state index in [-0.39, 0.29) is 28.2 Å². The highest BCUT2D eigenvalue weighted by Crippen LogP contribution is 2.34. The predicted molar refractivity (Wildman–Crippen MR) is 128 cm³/mol. The SMILES string of the molecule is Cc1cccc(Oc2ncccc2NC(=O)COc2cc(C(F)(F)F)nn2-c2ccccc2Cl)c1C. The number of aromatic nitrogens is 3. The Hall–Kier alpha value is -4.05. The molecule has 2 heterocycles. The lowest BCUT2D eigenvalue weighted by Gasteiger charge is -2.14. The molecule has 186 valence electrons. The summed E-state index contributed by atoms with van der Waals surface area (Å²) in [5, 5.41) is 6.34. The van der Waals surface area contributed by atoms with Gasteiger partial charge in [-0.3, -0.25) is 4.79 Å². The van der Waals surface area contributed by atoms with Crippen LogP contribution in [-0.4, -0.2) is 27.3 Å². The summed E-state index contributed by atoms with van der Waals surface area (Å²) in [5.41, 5.74) is 1.19. The molecule has 0 unspecified atom stereocenters. The highest BCUT2D eigenvalue weighted by atomic mass is 35.5. The van der Waals surface area contributed by atoms with Crippen LogP contribution in [0.2, 0.25) is 5.02 Å². The molecule has 0 spiro atoms. The fourth-order valence-corrected chi connectivity index (χ4v) is 3.45. The molecule has 0 atom stereocenters. The molecule has 0 bridgehead atoms. The molecule has 0 radical (unpaired) electrons. The van der Waals surface area contributed by atoms with E-state index in [1.807, 2.05) is 26.0 Å². The number of nitrogens with zero attached hydrogens (tertiary/aromatic N) is 3. The zero-order valence-electron chi connectivity index (χ0n) is 19.1. The molecule has 1 N–H and O–H groups in total. The van der Waals surface area contributed by atoms with E-state index in [1.54, 1.807) is 30.3 Å². The molecule has 1 amide bonds. The minimum atomic E-state index is -4.72. The number of halogens is 4. The van der Waals surface area contributed by atoms with Crippen molar-refractivity contribution in [3.8, 4) is 23.2 Å². The van der Waals surface area contributed by atoms with Gasteiger partial charge in [-0.2, -0.15) is 23.0 Å².